The van der Waals surface area contributed by atoms with Gasteiger partial charge >= 0.3 is 0 Å². The Hall–Kier alpha value is -2.83. The Balaban J connectivity index is 0.000000239. The lowest BCUT2D eigenvalue weighted by Crippen LogP contribution is -2.43. The fourth-order valence-electron chi connectivity index (χ4n) is 3.61. The van der Waals surface area contributed by atoms with Crippen LogP contribution in [0, 0.1) is 0 Å². The normalized spacial score (nSPS) is 13.5. The molecule has 4 rings (SSSR count). The minimum atomic E-state index is 0.653. The molecule has 7 heteroatoms. The highest BCUT2D eigenvalue weighted by Crippen LogP contribution is 2.28. The molecule has 2 N–H and O–H groups in total. The Kier molecular flexibility index (Phi) is 11.1. The molecule has 0 amide bonds. The molecule has 1 aliphatic rings. The first kappa shape index (κ1) is 27.4. The molecule has 0 unspecified atom stereocenters. The molecule has 1 saturated heterocycles. The van der Waals surface area contributed by atoms with Crippen LogP contribution in [-0.2, 0) is 0 Å². The van der Waals surface area contributed by atoms with Crippen molar-refractivity contribution in [3.05, 3.63) is 66.1 Å². The number of nitrogens with zero attached hydrogens (tertiary/aromatic N) is 5. The van der Waals surface area contributed by atoms with Gasteiger partial charge in [-0.1, -0.05) is 70.2 Å². The van der Waals surface area contributed by atoms with Crippen LogP contribution in [0.2, 0.25) is 5.02 Å². The minimum Gasteiger partial charge on any atom is -0.373 e. The van der Waals surface area contributed by atoms with E-state index >= 15 is 0 Å². The summed E-state index contributed by atoms with van der Waals surface area (Å²) in [4.78, 5) is 10.7. The number of hydrogen-bond donors (Lipinski definition) is 1. The van der Waals surface area contributed by atoms with Gasteiger partial charge in [0.15, 0.2) is 0 Å². The third-order valence-electron chi connectivity index (χ3n) is 5.69. The Labute approximate surface area is 209 Å². The zero-order chi connectivity index (χ0) is 25.1. The number of benzene rings is 1. The first-order valence-electron chi connectivity index (χ1n) is 12.1. The van der Waals surface area contributed by atoms with E-state index in [0.717, 1.165) is 27.7 Å². The van der Waals surface area contributed by atoms with E-state index in [-0.39, 0.29) is 0 Å². The van der Waals surface area contributed by atoms with Crippen molar-refractivity contribution in [2.75, 3.05) is 39.1 Å². The first-order valence-corrected chi connectivity index (χ1v) is 12.4. The number of halogens is 1. The number of likely N-dealkylation sites (N-methyl/N-ethyl adjacent to an activating group) is 1. The van der Waals surface area contributed by atoms with Gasteiger partial charge < -0.3 is 15.6 Å². The van der Waals surface area contributed by atoms with E-state index in [2.05, 4.69) is 47.0 Å². The van der Waals surface area contributed by atoms with Crippen molar-refractivity contribution in [2.45, 2.75) is 40.0 Å². The highest BCUT2D eigenvalue weighted by atomic mass is 35.5. The van der Waals surface area contributed by atoms with Crippen LogP contribution in [0.15, 0.2) is 55.5 Å². The summed E-state index contributed by atoms with van der Waals surface area (Å²) in [5.74, 6) is 5.54. The Morgan fingerprint density at radius 2 is 1.88 bits per heavy atom. The van der Waals surface area contributed by atoms with Crippen molar-refractivity contribution in [1.82, 2.24) is 24.7 Å². The second-order valence-corrected chi connectivity index (χ2v) is 8.55. The van der Waals surface area contributed by atoms with E-state index in [9.17, 15) is 0 Å². The minimum absolute atomic E-state index is 0.653. The molecule has 0 spiro atoms. The number of rotatable bonds is 6. The lowest BCUT2D eigenvalue weighted by molar-refractivity contribution is 0.182. The maximum absolute atomic E-state index is 6.29. The monoisotopic (exact) mass is 482 g/mol. The molecule has 0 aliphatic carbocycles. The lowest BCUT2D eigenvalue weighted by Gasteiger charge is -2.35. The van der Waals surface area contributed by atoms with Gasteiger partial charge in [0, 0.05) is 42.8 Å². The fourth-order valence-corrected chi connectivity index (χ4v) is 3.87. The summed E-state index contributed by atoms with van der Waals surface area (Å²) in [6.07, 6.45) is 8.86. The molecule has 1 fully saturated rings. The average molecular weight is 483 g/mol. The number of allylic oxidation sites excluding steroid dienone is 1. The maximum Gasteiger partial charge on any atom is 0.0756 e. The van der Waals surface area contributed by atoms with Crippen molar-refractivity contribution in [2.24, 2.45) is 0 Å². The largest absolute Gasteiger partial charge is 0.373 e. The van der Waals surface area contributed by atoms with E-state index in [1.54, 1.807) is 18.5 Å². The number of piperazine rings is 1. The summed E-state index contributed by atoms with van der Waals surface area (Å²) in [6.45, 7) is 18.8. The summed E-state index contributed by atoms with van der Waals surface area (Å²) < 4.78 is 0. The van der Waals surface area contributed by atoms with Crippen LogP contribution >= 0.6 is 11.6 Å². The Bertz CT molecular complexity index is 1070. The average Bonchev–Trinajstić information content (AvgIpc) is 3.30. The van der Waals surface area contributed by atoms with Gasteiger partial charge in [-0.15, -0.1) is 0 Å². The zero-order valence-corrected chi connectivity index (χ0v) is 21.9. The standard InChI is InChI=1S/C14H11ClN4.C11H22N2.C2H6/c1-2-9-3-4-11-12(15)6-13(18-14(11)5-9)10-7-17-19(16)8-10;1-4-5-6-11(2)13-9-7-12(3)8-10-13;1-2/h2-8H,1,16H2;2,4-10H2,1,3H3;1-2H3. The maximum atomic E-state index is 6.29. The molecule has 0 saturated carbocycles. The van der Waals surface area contributed by atoms with Crippen LogP contribution in [-0.4, -0.2) is 57.9 Å². The number of nitrogen functional groups attached to an aromatic ring is 1. The molecule has 184 valence electrons. The van der Waals surface area contributed by atoms with Crippen LogP contribution < -0.4 is 5.84 Å². The van der Waals surface area contributed by atoms with E-state index < -0.39 is 0 Å². The van der Waals surface area contributed by atoms with Gasteiger partial charge in [-0.25, -0.2) is 4.98 Å². The second kappa shape index (κ2) is 13.8. The molecule has 34 heavy (non-hydrogen) atoms. The van der Waals surface area contributed by atoms with E-state index in [4.69, 9.17) is 17.4 Å². The smallest absolute Gasteiger partial charge is 0.0756 e. The quantitative estimate of drug-likeness (QED) is 0.432. The van der Waals surface area contributed by atoms with E-state index in [1.807, 2.05) is 38.1 Å². The molecular weight excluding hydrogens is 444 g/mol. The molecule has 2 aromatic heterocycles. The SMILES string of the molecule is C=C(CCCC)N1CCN(C)CC1.C=Cc1ccc2c(Cl)cc(-c3cnn(N)c3)nc2c1.CC. The van der Waals surface area contributed by atoms with Crippen molar-refractivity contribution in [3.63, 3.8) is 0 Å². The van der Waals surface area contributed by atoms with Gasteiger partial charge in [0.2, 0.25) is 0 Å². The van der Waals surface area contributed by atoms with Crippen LogP contribution in [0.25, 0.3) is 28.2 Å². The van der Waals surface area contributed by atoms with Crippen LogP contribution in [0.5, 0.6) is 0 Å². The molecule has 1 aliphatic heterocycles. The predicted octanol–water partition coefficient (Wildman–Crippen LogP) is 6.07. The zero-order valence-electron chi connectivity index (χ0n) is 21.1. The van der Waals surface area contributed by atoms with Gasteiger partial charge in [-0.05, 0) is 37.6 Å². The van der Waals surface area contributed by atoms with E-state index in [1.165, 1.54) is 55.9 Å². The molecule has 6 nitrogen and oxygen atoms in total. The number of nitrogens with two attached hydrogens (primary N) is 1. The van der Waals surface area contributed by atoms with Crippen molar-refractivity contribution >= 4 is 28.6 Å². The second-order valence-electron chi connectivity index (χ2n) is 8.14. The number of unbranched alkanes of at least 4 members (excludes halogenated alkanes) is 1. The molecule has 1 aromatic carbocycles. The first-order chi connectivity index (χ1) is 16.4. The topological polar surface area (TPSA) is 63.2 Å². The van der Waals surface area contributed by atoms with Crippen molar-refractivity contribution < 1.29 is 0 Å². The van der Waals surface area contributed by atoms with Gasteiger partial charge in [0.05, 0.1) is 28.6 Å². The summed E-state index contributed by atoms with van der Waals surface area (Å²) in [5.41, 5.74) is 4.74. The Morgan fingerprint density at radius 3 is 2.47 bits per heavy atom. The summed E-state index contributed by atoms with van der Waals surface area (Å²) in [7, 11) is 2.19. The highest BCUT2D eigenvalue weighted by Gasteiger charge is 2.14. The summed E-state index contributed by atoms with van der Waals surface area (Å²) in [5, 5.41) is 5.50. The van der Waals surface area contributed by atoms with Gasteiger partial charge in [0.1, 0.15) is 0 Å². The molecule has 3 aromatic rings. The fraction of sp³-hybridized carbons (Fsp3) is 0.407. The summed E-state index contributed by atoms with van der Waals surface area (Å²) >= 11 is 6.29. The number of hydrogen-bond acceptors (Lipinski definition) is 5. The van der Waals surface area contributed by atoms with Crippen LogP contribution in [0.1, 0.15) is 45.6 Å². The lowest BCUT2D eigenvalue weighted by atomic mass is 10.1. The van der Waals surface area contributed by atoms with Gasteiger partial charge in [0.25, 0.3) is 0 Å². The molecular formula is C27H39ClN6. The molecule has 0 atom stereocenters. The Morgan fingerprint density at radius 1 is 1.18 bits per heavy atom. The number of fused-ring (bicyclic) bond motifs is 1. The highest BCUT2D eigenvalue weighted by molar-refractivity contribution is 6.35. The van der Waals surface area contributed by atoms with Crippen LogP contribution in [0.4, 0.5) is 0 Å². The van der Waals surface area contributed by atoms with Gasteiger partial charge in [-0.3, -0.25) is 0 Å². The number of pyridine rings is 1. The third-order valence-corrected chi connectivity index (χ3v) is 6.00. The van der Waals surface area contributed by atoms with E-state index in [0.29, 0.717) is 5.02 Å². The predicted molar refractivity (Wildman–Crippen MR) is 147 cm³/mol. The molecule has 3 heterocycles. The third kappa shape index (κ3) is 7.61. The molecule has 0 radical (unpaired) electrons. The molecule has 0 bridgehead atoms. The van der Waals surface area contributed by atoms with Gasteiger partial charge in [-0.2, -0.15) is 9.89 Å². The number of aromatic nitrogens is 3. The van der Waals surface area contributed by atoms with Crippen LogP contribution in [0.3, 0.4) is 0 Å². The van der Waals surface area contributed by atoms with Crippen molar-refractivity contribution in [1.29, 1.82) is 0 Å². The summed E-state index contributed by atoms with van der Waals surface area (Å²) in [6, 6.07) is 7.66. The van der Waals surface area contributed by atoms with Crippen molar-refractivity contribution in [3.8, 4) is 11.3 Å².